The van der Waals surface area contributed by atoms with Crippen LogP contribution in [0.2, 0.25) is 0 Å². The van der Waals surface area contributed by atoms with Crippen molar-refractivity contribution in [2.24, 2.45) is 10.9 Å². The summed E-state index contributed by atoms with van der Waals surface area (Å²) in [5, 5.41) is 11.4. The topological polar surface area (TPSA) is 87.6 Å². The van der Waals surface area contributed by atoms with Gasteiger partial charge < -0.3 is 15.8 Å². The lowest BCUT2D eigenvalue weighted by atomic mass is 10.3. The van der Waals surface area contributed by atoms with Crippen molar-refractivity contribution in [3.63, 3.8) is 0 Å². The third-order valence-electron chi connectivity index (χ3n) is 2.55. The molecule has 0 fully saturated rings. The van der Waals surface area contributed by atoms with E-state index in [0.717, 1.165) is 0 Å². The molecule has 7 heteroatoms. The second-order valence-corrected chi connectivity index (χ2v) is 3.78. The van der Waals surface area contributed by atoms with Gasteiger partial charge in [-0.1, -0.05) is 11.2 Å². The van der Waals surface area contributed by atoms with Crippen LogP contribution in [0.25, 0.3) is 0 Å². The zero-order valence-corrected chi connectivity index (χ0v) is 10.2. The molecule has 1 aromatic heterocycles. The first-order valence-corrected chi connectivity index (χ1v) is 5.41. The second-order valence-electron chi connectivity index (χ2n) is 3.78. The Morgan fingerprint density at radius 3 is 2.74 bits per heavy atom. The summed E-state index contributed by atoms with van der Waals surface area (Å²) in [6, 6.07) is 6.12. The molecule has 2 rings (SSSR count). The average molecular weight is 261 g/mol. The largest absolute Gasteiger partial charge is 0.409 e. The first-order chi connectivity index (χ1) is 9.11. The minimum Gasteiger partial charge on any atom is -0.409 e. The maximum absolute atomic E-state index is 13.1. The SMILES string of the molecule is CN(c1cccc(F)c1)c1cnc(C(N)=NO)cn1. The number of aromatic nitrogens is 2. The van der Waals surface area contributed by atoms with E-state index >= 15 is 0 Å². The summed E-state index contributed by atoms with van der Waals surface area (Å²) in [5.74, 6) is 0.0677. The van der Waals surface area contributed by atoms with Gasteiger partial charge in [-0.2, -0.15) is 0 Å². The highest BCUT2D eigenvalue weighted by Crippen LogP contribution is 2.21. The van der Waals surface area contributed by atoms with E-state index in [2.05, 4.69) is 15.1 Å². The van der Waals surface area contributed by atoms with E-state index < -0.39 is 0 Å². The van der Waals surface area contributed by atoms with E-state index in [1.165, 1.54) is 24.5 Å². The van der Waals surface area contributed by atoms with Gasteiger partial charge in [0.2, 0.25) is 0 Å². The van der Waals surface area contributed by atoms with Crippen LogP contribution in [0.4, 0.5) is 15.9 Å². The van der Waals surface area contributed by atoms with Crippen molar-refractivity contribution in [2.75, 3.05) is 11.9 Å². The van der Waals surface area contributed by atoms with Crippen LogP contribution >= 0.6 is 0 Å². The molecule has 98 valence electrons. The van der Waals surface area contributed by atoms with Gasteiger partial charge in [0.05, 0.1) is 12.4 Å². The molecule has 0 saturated carbocycles. The van der Waals surface area contributed by atoms with Crippen molar-refractivity contribution in [3.8, 4) is 0 Å². The van der Waals surface area contributed by atoms with E-state index in [9.17, 15) is 4.39 Å². The molecular formula is C12H12FN5O. The summed E-state index contributed by atoms with van der Waals surface area (Å²) < 4.78 is 13.1. The predicted octanol–water partition coefficient (Wildman–Crippen LogP) is 1.48. The Balaban J connectivity index is 2.27. The maximum atomic E-state index is 13.1. The van der Waals surface area contributed by atoms with E-state index in [-0.39, 0.29) is 17.3 Å². The molecule has 0 atom stereocenters. The first-order valence-electron chi connectivity index (χ1n) is 5.41. The Morgan fingerprint density at radius 1 is 1.37 bits per heavy atom. The molecule has 19 heavy (non-hydrogen) atoms. The van der Waals surface area contributed by atoms with Gasteiger partial charge in [-0.3, -0.25) is 0 Å². The minimum absolute atomic E-state index is 0.118. The number of oxime groups is 1. The van der Waals surface area contributed by atoms with Crippen molar-refractivity contribution in [2.45, 2.75) is 0 Å². The molecule has 0 saturated heterocycles. The van der Waals surface area contributed by atoms with Gasteiger partial charge in [0.1, 0.15) is 11.5 Å². The normalized spacial score (nSPS) is 11.4. The van der Waals surface area contributed by atoms with Crippen LogP contribution in [0.3, 0.4) is 0 Å². The number of halogens is 1. The fraction of sp³-hybridized carbons (Fsp3) is 0.0833. The Morgan fingerprint density at radius 2 is 2.16 bits per heavy atom. The summed E-state index contributed by atoms with van der Waals surface area (Å²) in [5.41, 5.74) is 6.29. The molecule has 1 aromatic carbocycles. The Hall–Kier alpha value is -2.70. The quantitative estimate of drug-likeness (QED) is 0.378. The number of nitrogens with two attached hydrogens (primary N) is 1. The van der Waals surface area contributed by atoms with Crippen LogP contribution in [-0.2, 0) is 0 Å². The summed E-state index contributed by atoms with van der Waals surface area (Å²) in [4.78, 5) is 9.80. The number of hydrogen-bond acceptors (Lipinski definition) is 5. The summed E-state index contributed by atoms with van der Waals surface area (Å²) in [7, 11) is 1.74. The van der Waals surface area contributed by atoms with Gasteiger partial charge in [0.25, 0.3) is 0 Å². The lowest BCUT2D eigenvalue weighted by Gasteiger charge is -2.17. The van der Waals surface area contributed by atoms with Crippen molar-refractivity contribution < 1.29 is 9.60 Å². The summed E-state index contributed by atoms with van der Waals surface area (Å²) in [6.07, 6.45) is 2.83. The van der Waals surface area contributed by atoms with Crippen molar-refractivity contribution in [1.82, 2.24) is 9.97 Å². The number of hydrogen-bond donors (Lipinski definition) is 2. The Kier molecular flexibility index (Phi) is 3.56. The van der Waals surface area contributed by atoms with Crippen LogP contribution in [0.15, 0.2) is 41.8 Å². The molecule has 0 aliphatic rings. The zero-order valence-electron chi connectivity index (χ0n) is 10.2. The van der Waals surface area contributed by atoms with E-state index in [1.807, 2.05) is 0 Å². The lowest BCUT2D eigenvalue weighted by Crippen LogP contribution is -2.17. The molecule has 0 aliphatic heterocycles. The first kappa shape index (κ1) is 12.7. The Bertz CT molecular complexity index is 599. The lowest BCUT2D eigenvalue weighted by molar-refractivity contribution is 0.318. The van der Waals surface area contributed by atoms with E-state index in [0.29, 0.717) is 11.5 Å². The Labute approximate surface area is 109 Å². The van der Waals surface area contributed by atoms with Crippen molar-refractivity contribution >= 4 is 17.3 Å². The summed E-state index contributed by atoms with van der Waals surface area (Å²) >= 11 is 0. The van der Waals surface area contributed by atoms with Crippen molar-refractivity contribution in [1.29, 1.82) is 0 Å². The molecule has 0 spiro atoms. The third kappa shape index (κ3) is 2.76. The van der Waals surface area contributed by atoms with Gasteiger partial charge in [0.15, 0.2) is 11.7 Å². The molecule has 6 nitrogen and oxygen atoms in total. The fourth-order valence-electron chi connectivity index (χ4n) is 1.49. The van der Waals surface area contributed by atoms with Crippen LogP contribution in [0, 0.1) is 5.82 Å². The van der Waals surface area contributed by atoms with Gasteiger partial charge in [-0.25, -0.2) is 14.4 Å². The molecule has 0 aliphatic carbocycles. The number of anilines is 2. The zero-order chi connectivity index (χ0) is 13.8. The number of amidine groups is 1. The monoisotopic (exact) mass is 261 g/mol. The van der Waals surface area contributed by atoms with Gasteiger partial charge in [-0.15, -0.1) is 0 Å². The van der Waals surface area contributed by atoms with Gasteiger partial charge in [-0.05, 0) is 18.2 Å². The second kappa shape index (κ2) is 5.30. The van der Waals surface area contributed by atoms with Crippen LogP contribution in [0.1, 0.15) is 5.69 Å². The highest BCUT2D eigenvalue weighted by Gasteiger charge is 2.08. The van der Waals surface area contributed by atoms with Gasteiger partial charge >= 0.3 is 0 Å². The number of benzene rings is 1. The fourth-order valence-corrected chi connectivity index (χ4v) is 1.49. The molecular weight excluding hydrogens is 249 g/mol. The molecule has 0 bridgehead atoms. The van der Waals surface area contributed by atoms with Gasteiger partial charge in [0, 0.05) is 12.7 Å². The minimum atomic E-state index is -0.328. The molecule has 2 aromatic rings. The average Bonchev–Trinajstić information content (AvgIpc) is 2.46. The maximum Gasteiger partial charge on any atom is 0.190 e. The molecule has 0 amide bonds. The van der Waals surface area contributed by atoms with E-state index in [4.69, 9.17) is 10.9 Å². The highest BCUT2D eigenvalue weighted by molar-refractivity contribution is 5.94. The van der Waals surface area contributed by atoms with Crippen LogP contribution < -0.4 is 10.6 Å². The molecule has 0 radical (unpaired) electrons. The molecule has 1 heterocycles. The van der Waals surface area contributed by atoms with Crippen molar-refractivity contribution in [3.05, 3.63) is 48.2 Å². The van der Waals surface area contributed by atoms with Crippen LogP contribution in [-0.4, -0.2) is 28.1 Å². The number of rotatable bonds is 3. The highest BCUT2D eigenvalue weighted by atomic mass is 19.1. The number of nitrogens with zero attached hydrogens (tertiary/aromatic N) is 4. The predicted molar refractivity (Wildman–Crippen MR) is 69.0 cm³/mol. The smallest absolute Gasteiger partial charge is 0.190 e. The standard InChI is InChI=1S/C12H12FN5O/c1-18(9-4-2-3-8(13)5-9)11-7-15-10(6-16-11)12(14)17-19/h2-7,19H,1H3,(H2,14,17). The molecule has 0 unspecified atom stereocenters. The van der Waals surface area contributed by atoms with E-state index in [1.54, 1.807) is 24.1 Å². The third-order valence-corrected chi connectivity index (χ3v) is 2.55. The van der Waals surface area contributed by atoms with Crippen LogP contribution in [0.5, 0.6) is 0 Å². The summed E-state index contributed by atoms with van der Waals surface area (Å²) in [6.45, 7) is 0. The molecule has 3 N–H and O–H groups in total.